The largest absolute Gasteiger partial charge is 0.433 e. The first-order chi connectivity index (χ1) is 11.7. The third kappa shape index (κ3) is 3.35. The van der Waals surface area contributed by atoms with Crippen molar-refractivity contribution in [3.8, 4) is 11.4 Å². The molecule has 0 unspecified atom stereocenters. The van der Waals surface area contributed by atoms with Gasteiger partial charge in [0.05, 0.1) is 6.07 Å². The topological polar surface area (TPSA) is 99.9 Å². The minimum absolute atomic E-state index is 0.281. The molecule has 0 amide bonds. The second-order valence-electron chi connectivity index (χ2n) is 4.64. The van der Waals surface area contributed by atoms with Gasteiger partial charge >= 0.3 is 5.88 Å². The van der Waals surface area contributed by atoms with Crippen LogP contribution in [-0.4, -0.2) is 24.7 Å². The lowest BCUT2D eigenvalue weighted by Crippen LogP contribution is -1.99. The van der Waals surface area contributed by atoms with E-state index in [1.807, 2.05) is 23.6 Å². The molecule has 0 radical (unpaired) electrons. The van der Waals surface area contributed by atoms with E-state index >= 15 is 0 Å². The quantitative estimate of drug-likeness (QED) is 0.383. The van der Waals surface area contributed by atoms with Crippen LogP contribution in [0.4, 0.5) is 5.88 Å². The van der Waals surface area contributed by atoms with Crippen LogP contribution < -0.4 is 0 Å². The monoisotopic (exact) mass is 343 g/mol. The van der Waals surface area contributed by atoms with Gasteiger partial charge in [-0.1, -0.05) is 11.8 Å². The zero-order valence-corrected chi connectivity index (χ0v) is 13.5. The highest BCUT2D eigenvalue weighted by molar-refractivity contribution is 8.02. The zero-order chi connectivity index (χ0) is 16.9. The van der Waals surface area contributed by atoms with Crippen molar-refractivity contribution in [1.29, 1.82) is 0 Å². The molecule has 8 nitrogen and oxygen atoms in total. The molecular weight excluding hydrogens is 330 g/mol. The molecule has 24 heavy (non-hydrogen) atoms. The van der Waals surface area contributed by atoms with Gasteiger partial charge in [-0.25, -0.2) is 0 Å². The summed E-state index contributed by atoms with van der Waals surface area (Å²) >= 11 is 1.36. The Morgan fingerprint density at radius 3 is 2.75 bits per heavy atom. The average molecular weight is 343 g/mol. The fraction of sp³-hybridized carbons (Fsp3) is 0.133. The molecule has 0 saturated heterocycles. The first kappa shape index (κ1) is 15.9. The Morgan fingerprint density at radius 2 is 2.08 bits per heavy atom. The lowest BCUT2D eigenvalue weighted by Gasteiger charge is -2.05. The summed E-state index contributed by atoms with van der Waals surface area (Å²) in [5.41, 5.74) is 0.942. The first-order valence-electron chi connectivity index (χ1n) is 7.10. The van der Waals surface area contributed by atoms with Crippen LogP contribution in [0.2, 0.25) is 0 Å². The molecule has 3 aromatic heterocycles. The van der Waals surface area contributed by atoms with E-state index in [2.05, 4.69) is 15.2 Å². The van der Waals surface area contributed by atoms with Crippen LogP contribution in [0.15, 0.2) is 51.6 Å². The molecule has 122 valence electrons. The Morgan fingerprint density at radius 1 is 1.29 bits per heavy atom. The molecule has 0 atom stereocenters. The van der Waals surface area contributed by atoms with Gasteiger partial charge in [-0.05, 0) is 36.6 Å². The van der Waals surface area contributed by atoms with E-state index in [1.54, 1.807) is 29.9 Å². The molecule has 0 aliphatic rings. The predicted molar refractivity (Wildman–Crippen MR) is 89.2 cm³/mol. The molecule has 0 bridgehead atoms. The van der Waals surface area contributed by atoms with Crippen LogP contribution in [0, 0.1) is 10.1 Å². The number of furan rings is 1. The van der Waals surface area contributed by atoms with E-state index in [4.69, 9.17) is 4.42 Å². The summed E-state index contributed by atoms with van der Waals surface area (Å²) in [6.07, 6.45) is 5.07. The van der Waals surface area contributed by atoms with Crippen LogP contribution in [0.1, 0.15) is 12.7 Å². The minimum Gasteiger partial charge on any atom is -0.401 e. The van der Waals surface area contributed by atoms with E-state index in [-0.39, 0.29) is 5.88 Å². The van der Waals surface area contributed by atoms with Crippen molar-refractivity contribution < 1.29 is 9.34 Å². The summed E-state index contributed by atoms with van der Waals surface area (Å²) in [4.78, 5) is 14.0. The number of aromatic nitrogens is 4. The maximum absolute atomic E-state index is 10.6. The fourth-order valence-corrected chi connectivity index (χ4v) is 2.82. The molecule has 0 spiro atoms. The van der Waals surface area contributed by atoms with Gasteiger partial charge in [-0.2, -0.15) is 0 Å². The van der Waals surface area contributed by atoms with Crippen molar-refractivity contribution in [2.45, 2.75) is 18.6 Å². The Hall–Kier alpha value is -2.94. The normalized spacial score (nSPS) is 11.2. The highest BCUT2D eigenvalue weighted by Gasteiger charge is 2.13. The smallest absolute Gasteiger partial charge is 0.401 e. The molecule has 0 N–H and O–H groups in total. The fourth-order valence-electron chi connectivity index (χ4n) is 2.07. The van der Waals surface area contributed by atoms with Crippen LogP contribution in [-0.2, 0) is 6.54 Å². The number of hydrogen-bond acceptors (Lipinski definition) is 7. The molecule has 0 saturated carbocycles. The van der Waals surface area contributed by atoms with Crippen molar-refractivity contribution >= 4 is 23.7 Å². The number of nitro groups is 1. The Bertz CT molecular complexity index is 872. The number of nitrogens with zero attached hydrogens (tertiary/aromatic N) is 5. The van der Waals surface area contributed by atoms with Gasteiger partial charge in [-0.3, -0.25) is 15.1 Å². The summed E-state index contributed by atoms with van der Waals surface area (Å²) in [7, 11) is 0. The summed E-state index contributed by atoms with van der Waals surface area (Å²) < 4.78 is 7.05. The summed E-state index contributed by atoms with van der Waals surface area (Å²) in [6.45, 7) is 2.73. The van der Waals surface area contributed by atoms with E-state index < -0.39 is 4.92 Å². The first-order valence-corrected chi connectivity index (χ1v) is 7.98. The van der Waals surface area contributed by atoms with Crippen LogP contribution in [0.3, 0.4) is 0 Å². The van der Waals surface area contributed by atoms with Crippen molar-refractivity contribution in [1.82, 2.24) is 19.7 Å². The molecule has 0 fully saturated rings. The predicted octanol–water partition coefficient (Wildman–Crippen LogP) is 3.62. The van der Waals surface area contributed by atoms with Crippen molar-refractivity contribution in [3.05, 3.63) is 57.9 Å². The molecule has 0 aliphatic carbocycles. The van der Waals surface area contributed by atoms with Gasteiger partial charge in [0.25, 0.3) is 0 Å². The van der Waals surface area contributed by atoms with Gasteiger partial charge in [0.2, 0.25) is 0 Å². The summed E-state index contributed by atoms with van der Waals surface area (Å²) in [5, 5.41) is 21.5. The van der Waals surface area contributed by atoms with Crippen molar-refractivity contribution in [2.24, 2.45) is 0 Å². The summed E-state index contributed by atoms with van der Waals surface area (Å²) in [5.74, 6) is 0.895. The maximum atomic E-state index is 10.6. The van der Waals surface area contributed by atoms with E-state index in [9.17, 15) is 10.1 Å². The third-order valence-electron chi connectivity index (χ3n) is 3.17. The molecule has 3 rings (SSSR count). The SMILES string of the molecule is CCn1c(SC=Cc2ccc([N+](=O)[O-])o2)nnc1-c1ccncc1. The highest BCUT2D eigenvalue weighted by atomic mass is 32.2. The molecule has 0 aliphatic heterocycles. The van der Waals surface area contributed by atoms with Gasteiger partial charge < -0.3 is 8.98 Å². The highest BCUT2D eigenvalue weighted by Crippen LogP contribution is 2.25. The van der Waals surface area contributed by atoms with Crippen molar-refractivity contribution in [2.75, 3.05) is 0 Å². The number of hydrogen-bond donors (Lipinski definition) is 0. The Kier molecular flexibility index (Phi) is 4.71. The standard InChI is InChI=1S/C15H13N5O3S/c1-2-19-14(11-5-8-16-9-6-11)17-18-15(19)24-10-7-12-3-4-13(23-12)20(21)22/h3-10H,2H2,1H3. The van der Waals surface area contributed by atoms with E-state index in [0.717, 1.165) is 16.5 Å². The zero-order valence-electron chi connectivity index (χ0n) is 12.7. The number of pyridine rings is 1. The molecule has 0 aromatic carbocycles. The molecule has 3 aromatic rings. The lowest BCUT2D eigenvalue weighted by atomic mass is 10.2. The van der Waals surface area contributed by atoms with Crippen LogP contribution >= 0.6 is 11.8 Å². The van der Waals surface area contributed by atoms with E-state index in [0.29, 0.717) is 12.3 Å². The molecular formula is C15H13N5O3S. The lowest BCUT2D eigenvalue weighted by molar-refractivity contribution is -0.402. The number of thioether (sulfide) groups is 1. The van der Waals surface area contributed by atoms with Crippen LogP contribution in [0.5, 0.6) is 0 Å². The number of rotatable bonds is 6. The second kappa shape index (κ2) is 7.09. The van der Waals surface area contributed by atoms with Gasteiger partial charge in [0, 0.05) is 24.5 Å². The second-order valence-corrected chi connectivity index (χ2v) is 5.51. The maximum Gasteiger partial charge on any atom is 0.433 e. The Balaban J connectivity index is 1.77. The van der Waals surface area contributed by atoms with Crippen LogP contribution in [0.25, 0.3) is 17.5 Å². The molecule has 9 heteroatoms. The average Bonchev–Trinajstić information content (AvgIpc) is 3.22. The molecule has 3 heterocycles. The Labute approximate surface area is 141 Å². The summed E-state index contributed by atoms with van der Waals surface area (Å²) in [6, 6.07) is 6.62. The van der Waals surface area contributed by atoms with Crippen molar-refractivity contribution in [3.63, 3.8) is 0 Å². The van der Waals surface area contributed by atoms with Gasteiger partial charge in [0.1, 0.15) is 10.7 Å². The van der Waals surface area contributed by atoms with Gasteiger partial charge in [-0.15, -0.1) is 10.2 Å². The van der Waals surface area contributed by atoms with Gasteiger partial charge in [0.15, 0.2) is 11.0 Å². The third-order valence-corrected chi connectivity index (χ3v) is 3.95. The minimum atomic E-state index is -0.570. The van der Waals surface area contributed by atoms with E-state index in [1.165, 1.54) is 17.8 Å².